The molecule has 2 atom stereocenters. The first-order valence-corrected chi connectivity index (χ1v) is 11.6. The van der Waals surface area contributed by atoms with Crippen molar-refractivity contribution < 1.29 is 17.9 Å². The maximum Gasteiger partial charge on any atom is 0.244 e. The second-order valence-corrected chi connectivity index (χ2v) is 8.92. The summed E-state index contributed by atoms with van der Waals surface area (Å²) in [5.41, 5.74) is 2.57. The van der Waals surface area contributed by atoms with Crippen LogP contribution in [0.1, 0.15) is 43.9 Å². The van der Waals surface area contributed by atoms with Crippen LogP contribution in [0.5, 0.6) is 5.75 Å². The van der Waals surface area contributed by atoms with E-state index in [1.54, 1.807) is 38.3 Å². The van der Waals surface area contributed by atoms with E-state index in [4.69, 9.17) is 4.74 Å². The Hall–Kier alpha value is -2.54. The SMILES string of the molecule is CC[C@H](C(=O)N[C@H](CC)c1ccc(C)cc1)N(c1ccc(OC)cc1)S(C)(=O)=O. The summed E-state index contributed by atoms with van der Waals surface area (Å²) in [4.78, 5) is 13.1. The highest BCUT2D eigenvalue weighted by Crippen LogP contribution is 2.26. The number of nitrogens with one attached hydrogen (secondary N) is 1. The summed E-state index contributed by atoms with van der Waals surface area (Å²) in [5.74, 6) is 0.297. The van der Waals surface area contributed by atoms with E-state index in [0.717, 1.165) is 17.4 Å². The Morgan fingerprint density at radius 3 is 2.07 bits per heavy atom. The maximum absolute atomic E-state index is 13.1. The Kier molecular flexibility index (Phi) is 7.67. The summed E-state index contributed by atoms with van der Waals surface area (Å²) in [5, 5.41) is 3.03. The standard InChI is InChI=1S/C22H30N2O4S/c1-6-20(17-10-8-16(3)9-11-17)23-22(25)21(7-2)24(29(5,26)27)18-12-14-19(28-4)15-13-18/h8-15,20-21H,6-7H2,1-5H3,(H,23,25)/t20-,21-/m1/s1. The van der Waals surface area contributed by atoms with Gasteiger partial charge in [0.2, 0.25) is 15.9 Å². The van der Waals surface area contributed by atoms with E-state index >= 15 is 0 Å². The molecule has 1 N–H and O–H groups in total. The minimum absolute atomic E-state index is 0.186. The normalized spacial score (nSPS) is 13.4. The van der Waals surface area contributed by atoms with Gasteiger partial charge >= 0.3 is 0 Å². The maximum atomic E-state index is 13.1. The number of sulfonamides is 1. The molecule has 2 rings (SSSR count). The third kappa shape index (κ3) is 5.73. The average molecular weight is 419 g/mol. The van der Waals surface area contributed by atoms with Crippen molar-refractivity contribution in [1.82, 2.24) is 5.32 Å². The summed E-state index contributed by atoms with van der Waals surface area (Å²) in [6.07, 6.45) is 2.16. The van der Waals surface area contributed by atoms with E-state index in [0.29, 0.717) is 24.3 Å². The number of hydrogen-bond donors (Lipinski definition) is 1. The van der Waals surface area contributed by atoms with Gasteiger partial charge in [0.1, 0.15) is 11.8 Å². The van der Waals surface area contributed by atoms with Crippen LogP contribution in [-0.2, 0) is 14.8 Å². The van der Waals surface area contributed by atoms with Crippen molar-refractivity contribution in [2.45, 2.75) is 45.7 Å². The van der Waals surface area contributed by atoms with E-state index in [2.05, 4.69) is 5.32 Å². The highest BCUT2D eigenvalue weighted by Gasteiger charge is 2.32. The molecule has 0 unspecified atom stereocenters. The van der Waals surface area contributed by atoms with Gasteiger partial charge in [-0.1, -0.05) is 43.7 Å². The summed E-state index contributed by atoms with van der Waals surface area (Å²) in [6, 6.07) is 13.6. The van der Waals surface area contributed by atoms with Crippen LogP contribution in [0.2, 0.25) is 0 Å². The van der Waals surface area contributed by atoms with Gasteiger partial charge in [0.15, 0.2) is 0 Å². The highest BCUT2D eigenvalue weighted by atomic mass is 32.2. The number of aryl methyl sites for hydroxylation is 1. The molecule has 0 spiro atoms. The third-order valence-electron chi connectivity index (χ3n) is 4.86. The summed E-state index contributed by atoms with van der Waals surface area (Å²) in [7, 11) is -2.13. The van der Waals surface area contributed by atoms with Crippen molar-refractivity contribution in [1.29, 1.82) is 0 Å². The van der Waals surface area contributed by atoms with Crippen molar-refractivity contribution in [2.75, 3.05) is 17.7 Å². The second-order valence-electron chi connectivity index (χ2n) is 7.06. The van der Waals surface area contributed by atoms with Crippen LogP contribution in [0.4, 0.5) is 5.69 Å². The van der Waals surface area contributed by atoms with E-state index < -0.39 is 16.1 Å². The number of amides is 1. The van der Waals surface area contributed by atoms with Crippen molar-refractivity contribution in [2.24, 2.45) is 0 Å². The Balaban J connectivity index is 2.32. The van der Waals surface area contributed by atoms with E-state index in [-0.39, 0.29) is 11.9 Å². The van der Waals surface area contributed by atoms with Gasteiger partial charge in [-0.25, -0.2) is 8.42 Å². The molecule has 0 aliphatic rings. The molecule has 0 radical (unpaired) electrons. The van der Waals surface area contributed by atoms with Gasteiger partial charge in [0, 0.05) is 0 Å². The van der Waals surface area contributed by atoms with Gasteiger partial charge in [-0.05, 0) is 49.6 Å². The fourth-order valence-electron chi connectivity index (χ4n) is 3.28. The Labute approximate surface area is 173 Å². The first kappa shape index (κ1) is 22.7. The topological polar surface area (TPSA) is 75.7 Å². The fraction of sp³-hybridized carbons (Fsp3) is 0.409. The number of ether oxygens (including phenoxy) is 1. The third-order valence-corrected chi connectivity index (χ3v) is 6.04. The molecule has 2 aromatic carbocycles. The summed E-state index contributed by atoms with van der Waals surface area (Å²) >= 11 is 0. The van der Waals surface area contributed by atoms with Crippen LogP contribution in [-0.4, -0.2) is 33.7 Å². The number of rotatable bonds is 9. The lowest BCUT2D eigenvalue weighted by atomic mass is 10.0. The highest BCUT2D eigenvalue weighted by molar-refractivity contribution is 7.92. The number of anilines is 1. The molecule has 0 heterocycles. The smallest absolute Gasteiger partial charge is 0.244 e. The van der Waals surface area contributed by atoms with Crippen molar-refractivity contribution in [3.05, 3.63) is 59.7 Å². The number of carbonyl (C=O) groups is 1. The van der Waals surface area contributed by atoms with Crippen molar-refractivity contribution >= 4 is 21.6 Å². The van der Waals surface area contributed by atoms with Gasteiger partial charge in [-0.2, -0.15) is 0 Å². The van der Waals surface area contributed by atoms with Crippen LogP contribution >= 0.6 is 0 Å². The quantitative estimate of drug-likeness (QED) is 0.672. The van der Waals surface area contributed by atoms with E-state index in [1.807, 2.05) is 38.1 Å². The molecule has 0 bridgehead atoms. The molecule has 0 aliphatic heterocycles. The van der Waals surface area contributed by atoms with Crippen molar-refractivity contribution in [3.8, 4) is 5.75 Å². The van der Waals surface area contributed by atoms with Crippen LogP contribution in [0, 0.1) is 6.92 Å². The molecule has 0 aliphatic carbocycles. The van der Waals surface area contributed by atoms with Gasteiger partial charge < -0.3 is 10.1 Å². The molecule has 29 heavy (non-hydrogen) atoms. The minimum Gasteiger partial charge on any atom is -0.497 e. The van der Waals surface area contributed by atoms with Crippen LogP contribution in [0.25, 0.3) is 0 Å². The predicted molar refractivity (Wildman–Crippen MR) is 117 cm³/mol. The van der Waals surface area contributed by atoms with Crippen LogP contribution in [0.3, 0.4) is 0 Å². The Morgan fingerprint density at radius 2 is 1.62 bits per heavy atom. The van der Waals surface area contributed by atoms with Gasteiger partial charge in [-0.3, -0.25) is 9.10 Å². The fourth-order valence-corrected chi connectivity index (χ4v) is 4.49. The lowest BCUT2D eigenvalue weighted by molar-refractivity contribution is -0.123. The first-order valence-electron chi connectivity index (χ1n) is 9.71. The second kappa shape index (κ2) is 9.78. The molecular formula is C22H30N2O4S. The lowest BCUT2D eigenvalue weighted by Crippen LogP contribution is -2.50. The number of benzene rings is 2. The largest absolute Gasteiger partial charge is 0.497 e. The number of hydrogen-bond acceptors (Lipinski definition) is 4. The van der Waals surface area contributed by atoms with Crippen LogP contribution in [0.15, 0.2) is 48.5 Å². The molecule has 0 saturated heterocycles. The average Bonchev–Trinajstić information content (AvgIpc) is 2.70. The number of methoxy groups -OCH3 is 1. The molecule has 6 nitrogen and oxygen atoms in total. The molecule has 1 amide bonds. The molecule has 2 aromatic rings. The predicted octanol–water partition coefficient (Wildman–Crippen LogP) is 3.82. The summed E-state index contributed by atoms with van der Waals surface area (Å²) in [6.45, 7) is 5.80. The molecule has 7 heteroatoms. The zero-order chi connectivity index (χ0) is 21.6. The number of nitrogens with zero attached hydrogens (tertiary/aromatic N) is 1. The number of carbonyl (C=O) groups excluding carboxylic acids is 1. The van der Waals surface area contributed by atoms with Crippen LogP contribution < -0.4 is 14.4 Å². The van der Waals surface area contributed by atoms with E-state index in [9.17, 15) is 13.2 Å². The van der Waals surface area contributed by atoms with Gasteiger partial charge in [-0.15, -0.1) is 0 Å². The van der Waals surface area contributed by atoms with Gasteiger partial charge in [0.05, 0.1) is 25.1 Å². The summed E-state index contributed by atoms with van der Waals surface area (Å²) < 4.78 is 31.5. The molecule has 0 aromatic heterocycles. The first-order chi connectivity index (χ1) is 13.7. The zero-order valence-corrected chi connectivity index (χ0v) is 18.5. The molecule has 0 fully saturated rings. The molecule has 0 saturated carbocycles. The molecular weight excluding hydrogens is 388 g/mol. The Morgan fingerprint density at radius 1 is 1.03 bits per heavy atom. The van der Waals surface area contributed by atoms with E-state index in [1.165, 1.54) is 4.31 Å². The van der Waals surface area contributed by atoms with Crippen molar-refractivity contribution in [3.63, 3.8) is 0 Å². The van der Waals surface area contributed by atoms with Gasteiger partial charge in [0.25, 0.3) is 0 Å². The lowest BCUT2D eigenvalue weighted by Gasteiger charge is -2.31. The molecule has 158 valence electrons. The monoisotopic (exact) mass is 418 g/mol. The zero-order valence-electron chi connectivity index (χ0n) is 17.7. The minimum atomic E-state index is -3.67. The Bertz CT molecular complexity index is 909.